The molecular weight excluding hydrogens is 383 g/mol. The van der Waals surface area contributed by atoms with E-state index in [4.69, 9.17) is 4.42 Å². The quantitative estimate of drug-likeness (QED) is 0.563. The fourth-order valence-corrected chi connectivity index (χ4v) is 3.26. The van der Waals surface area contributed by atoms with Gasteiger partial charge in [-0.25, -0.2) is 4.39 Å². The van der Waals surface area contributed by atoms with Crippen LogP contribution in [0.1, 0.15) is 42.7 Å². The Morgan fingerprint density at radius 3 is 2.40 bits per heavy atom. The Hall–Kier alpha value is -3.41. The van der Waals surface area contributed by atoms with Crippen LogP contribution in [0.25, 0.3) is 0 Å². The van der Waals surface area contributed by atoms with Crippen LogP contribution in [0.5, 0.6) is 0 Å². The van der Waals surface area contributed by atoms with Crippen molar-refractivity contribution in [2.45, 2.75) is 38.9 Å². The highest BCUT2D eigenvalue weighted by Gasteiger charge is 2.31. The second-order valence-corrected chi connectivity index (χ2v) is 7.01. The van der Waals surface area contributed by atoms with Crippen LogP contribution in [0.3, 0.4) is 0 Å². The molecule has 6 heteroatoms. The molecule has 3 rings (SSSR count). The van der Waals surface area contributed by atoms with Gasteiger partial charge in [-0.1, -0.05) is 49.4 Å². The zero-order valence-corrected chi connectivity index (χ0v) is 16.9. The van der Waals surface area contributed by atoms with Crippen molar-refractivity contribution in [2.24, 2.45) is 0 Å². The van der Waals surface area contributed by atoms with E-state index in [1.165, 1.54) is 12.1 Å². The van der Waals surface area contributed by atoms with Gasteiger partial charge in [0.1, 0.15) is 17.6 Å². The van der Waals surface area contributed by atoms with Gasteiger partial charge in [-0.05, 0) is 41.8 Å². The van der Waals surface area contributed by atoms with Crippen molar-refractivity contribution >= 4 is 11.8 Å². The zero-order chi connectivity index (χ0) is 21.3. The van der Waals surface area contributed by atoms with Crippen LogP contribution in [0.15, 0.2) is 77.4 Å². The minimum Gasteiger partial charge on any atom is -0.467 e. The third kappa shape index (κ3) is 5.56. The van der Waals surface area contributed by atoms with E-state index in [1.54, 1.807) is 35.4 Å². The molecule has 0 saturated heterocycles. The number of hydrogen-bond acceptors (Lipinski definition) is 3. The summed E-state index contributed by atoms with van der Waals surface area (Å²) in [5.74, 6) is -0.158. The topological polar surface area (TPSA) is 62.6 Å². The number of furan rings is 1. The molecule has 3 aromatic rings. The Labute approximate surface area is 175 Å². The zero-order valence-electron chi connectivity index (χ0n) is 16.9. The van der Waals surface area contributed by atoms with Gasteiger partial charge in [0.15, 0.2) is 0 Å². The minimum atomic E-state index is -0.815. The lowest BCUT2D eigenvalue weighted by atomic mass is 10.0. The third-order valence-electron chi connectivity index (χ3n) is 4.74. The van der Waals surface area contributed by atoms with E-state index in [-0.39, 0.29) is 30.7 Å². The Morgan fingerprint density at radius 2 is 1.77 bits per heavy atom. The van der Waals surface area contributed by atoms with Gasteiger partial charge >= 0.3 is 0 Å². The van der Waals surface area contributed by atoms with Crippen LogP contribution in [0.4, 0.5) is 4.39 Å². The Kier molecular flexibility index (Phi) is 7.38. The molecule has 1 aromatic heterocycles. The highest BCUT2D eigenvalue weighted by Crippen LogP contribution is 2.25. The second kappa shape index (κ2) is 10.4. The maximum atomic E-state index is 13.3. The van der Waals surface area contributed by atoms with Gasteiger partial charge in [0.2, 0.25) is 11.8 Å². The Morgan fingerprint density at radius 1 is 1.03 bits per heavy atom. The number of nitrogens with zero attached hydrogens (tertiary/aromatic N) is 1. The number of hydrogen-bond donors (Lipinski definition) is 1. The standard InChI is InChI=1S/C24H25FN2O3/c1-2-7-22(28)27(17-18-11-13-20(25)14-12-18)23(19-8-4-3-5-9-19)24(29)26-16-21-10-6-15-30-21/h3-6,8-15,23H,2,7,16-17H2,1H3,(H,26,29). The van der Waals surface area contributed by atoms with Crippen LogP contribution in [-0.2, 0) is 22.7 Å². The van der Waals surface area contributed by atoms with Crippen LogP contribution in [0, 0.1) is 5.82 Å². The van der Waals surface area contributed by atoms with Crippen LogP contribution in [-0.4, -0.2) is 16.7 Å². The van der Waals surface area contributed by atoms with Crippen LogP contribution < -0.4 is 5.32 Å². The summed E-state index contributed by atoms with van der Waals surface area (Å²) in [5, 5.41) is 2.87. The summed E-state index contributed by atoms with van der Waals surface area (Å²) in [6.07, 6.45) is 2.52. The van der Waals surface area contributed by atoms with Gasteiger partial charge in [-0.15, -0.1) is 0 Å². The number of benzene rings is 2. The predicted octanol–water partition coefficient (Wildman–Crippen LogP) is 4.61. The average Bonchev–Trinajstić information content (AvgIpc) is 3.28. The van der Waals surface area contributed by atoms with Crippen LogP contribution in [0.2, 0.25) is 0 Å². The molecule has 1 N–H and O–H groups in total. The van der Waals surface area contributed by atoms with Gasteiger partial charge in [-0.3, -0.25) is 9.59 Å². The maximum Gasteiger partial charge on any atom is 0.247 e. The molecule has 0 saturated carbocycles. The predicted molar refractivity (Wildman–Crippen MR) is 112 cm³/mol. The minimum absolute atomic E-state index is 0.135. The summed E-state index contributed by atoms with van der Waals surface area (Å²) in [7, 11) is 0. The molecule has 0 aliphatic carbocycles. The number of rotatable bonds is 9. The molecule has 2 amide bonds. The molecule has 2 aromatic carbocycles. The third-order valence-corrected chi connectivity index (χ3v) is 4.74. The van der Waals surface area contributed by atoms with E-state index in [2.05, 4.69) is 5.32 Å². The molecule has 1 atom stereocenters. The first-order valence-electron chi connectivity index (χ1n) is 9.97. The number of amides is 2. The lowest BCUT2D eigenvalue weighted by Gasteiger charge is -2.31. The average molecular weight is 408 g/mol. The van der Waals surface area contributed by atoms with E-state index >= 15 is 0 Å². The molecule has 1 heterocycles. The van der Waals surface area contributed by atoms with Crippen molar-refractivity contribution in [1.82, 2.24) is 10.2 Å². The van der Waals surface area contributed by atoms with Gasteiger partial charge in [-0.2, -0.15) is 0 Å². The van der Waals surface area contributed by atoms with Crippen molar-refractivity contribution in [1.29, 1.82) is 0 Å². The van der Waals surface area contributed by atoms with Gasteiger partial charge in [0, 0.05) is 13.0 Å². The summed E-state index contributed by atoms with van der Waals surface area (Å²) in [4.78, 5) is 27.8. The van der Waals surface area contributed by atoms with Crippen molar-refractivity contribution in [3.63, 3.8) is 0 Å². The van der Waals surface area contributed by atoms with Crippen molar-refractivity contribution in [2.75, 3.05) is 0 Å². The first kappa shape index (κ1) is 21.3. The lowest BCUT2D eigenvalue weighted by Crippen LogP contribution is -2.43. The normalized spacial score (nSPS) is 11.7. The first-order chi connectivity index (χ1) is 14.6. The maximum absolute atomic E-state index is 13.3. The van der Waals surface area contributed by atoms with Crippen molar-refractivity contribution in [3.05, 3.63) is 95.7 Å². The summed E-state index contributed by atoms with van der Waals surface area (Å²) in [6.45, 7) is 2.34. The van der Waals surface area contributed by atoms with E-state index in [9.17, 15) is 14.0 Å². The molecule has 30 heavy (non-hydrogen) atoms. The molecule has 5 nitrogen and oxygen atoms in total. The molecule has 156 valence electrons. The van der Waals surface area contributed by atoms with Crippen molar-refractivity contribution in [3.8, 4) is 0 Å². The highest BCUT2D eigenvalue weighted by molar-refractivity contribution is 5.88. The Balaban J connectivity index is 1.91. The van der Waals surface area contributed by atoms with E-state index < -0.39 is 6.04 Å². The van der Waals surface area contributed by atoms with Gasteiger partial charge in [0.05, 0.1) is 12.8 Å². The number of halogens is 1. The van der Waals surface area contributed by atoms with E-state index in [1.807, 2.05) is 37.3 Å². The molecule has 0 radical (unpaired) electrons. The smallest absolute Gasteiger partial charge is 0.247 e. The fraction of sp³-hybridized carbons (Fsp3) is 0.250. The molecule has 1 unspecified atom stereocenters. The van der Waals surface area contributed by atoms with Gasteiger partial charge in [0.25, 0.3) is 0 Å². The number of carbonyl (C=O) groups excluding carboxylic acids is 2. The number of carbonyl (C=O) groups is 2. The highest BCUT2D eigenvalue weighted by atomic mass is 19.1. The first-order valence-corrected chi connectivity index (χ1v) is 9.97. The summed E-state index contributed by atoms with van der Waals surface area (Å²) >= 11 is 0. The summed E-state index contributed by atoms with van der Waals surface area (Å²) < 4.78 is 18.6. The fourth-order valence-electron chi connectivity index (χ4n) is 3.26. The second-order valence-electron chi connectivity index (χ2n) is 7.01. The number of nitrogens with one attached hydrogen (secondary N) is 1. The largest absolute Gasteiger partial charge is 0.467 e. The SMILES string of the molecule is CCCC(=O)N(Cc1ccc(F)cc1)C(C(=O)NCc1ccco1)c1ccccc1. The Bertz CT molecular complexity index is 940. The molecule has 0 spiro atoms. The van der Waals surface area contributed by atoms with E-state index in [0.29, 0.717) is 24.2 Å². The monoisotopic (exact) mass is 408 g/mol. The lowest BCUT2D eigenvalue weighted by molar-refractivity contribution is -0.141. The van der Waals surface area contributed by atoms with Gasteiger partial charge < -0.3 is 14.6 Å². The molecule has 0 fully saturated rings. The molecule has 0 aliphatic rings. The summed E-state index contributed by atoms with van der Waals surface area (Å²) in [6, 6.07) is 17.9. The van der Waals surface area contributed by atoms with Crippen LogP contribution >= 0.6 is 0 Å². The van der Waals surface area contributed by atoms with Crippen molar-refractivity contribution < 1.29 is 18.4 Å². The molecule has 0 bridgehead atoms. The molecular formula is C24H25FN2O3. The molecule has 0 aliphatic heterocycles. The summed E-state index contributed by atoms with van der Waals surface area (Å²) in [5.41, 5.74) is 1.46. The van der Waals surface area contributed by atoms with E-state index in [0.717, 1.165) is 5.56 Å².